The Bertz CT molecular complexity index is 635. The zero-order valence-corrected chi connectivity index (χ0v) is 10.6. The van der Waals surface area contributed by atoms with Crippen molar-refractivity contribution in [3.63, 3.8) is 0 Å². The van der Waals surface area contributed by atoms with Gasteiger partial charge in [0.15, 0.2) is 5.82 Å². The lowest BCUT2D eigenvalue weighted by Crippen LogP contribution is -2.04. The first-order chi connectivity index (χ1) is 9.52. The molecule has 0 unspecified atom stereocenters. The van der Waals surface area contributed by atoms with Gasteiger partial charge in [-0.25, -0.2) is 19.4 Å². The van der Waals surface area contributed by atoms with E-state index in [-0.39, 0.29) is 0 Å². The third-order valence-electron chi connectivity index (χ3n) is 2.54. The van der Waals surface area contributed by atoms with E-state index in [1.54, 1.807) is 6.07 Å². The predicted octanol–water partition coefficient (Wildman–Crippen LogP) is 1.22. The van der Waals surface area contributed by atoms with Gasteiger partial charge in [0.05, 0.1) is 4.92 Å². The zero-order chi connectivity index (χ0) is 14.7. The highest BCUT2D eigenvalue weighted by Gasteiger charge is 2.25. The highest BCUT2D eigenvalue weighted by Crippen LogP contribution is 2.19. The molecule has 0 radical (unpaired) electrons. The summed E-state index contributed by atoms with van der Waals surface area (Å²) in [4.78, 5) is 28.9. The van der Waals surface area contributed by atoms with Crippen molar-refractivity contribution in [2.75, 3.05) is 0 Å². The molecule has 0 saturated heterocycles. The molecule has 0 aromatic carbocycles. The summed E-state index contributed by atoms with van der Waals surface area (Å²) < 4.78 is 1.07. The van der Waals surface area contributed by atoms with E-state index in [4.69, 9.17) is 5.11 Å². The number of aromatic carboxylic acids is 1. The molecule has 0 aliphatic carbocycles. The number of aryl methyl sites for hydroxylation is 1. The normalized spacial score (nSPS) is 10.4. The average molecular weight is 277 g/mol. The van der Waals surface area contributed by atoms with Gasteiger partial charge in [0, 0.05) is 11.8 Å². The number of aromatic nitrogens is 4. The van der Waals surface area contributed by atoms with Crippen LogP contribution in [-0.2, 0) is 6.42 Å². The topological polar surface area (TPSA) is 124 Å². The minimum Gasteiger partial charge on any atom is -0.476 e. The van der Waals surface area contributed by atoms with Crippen molar-refractivity contribution < 1.29 is 14.8 Å². The molecule has 104 valence electrons. The first-order valence-electron chi connectivity index (χ1n) is 5.81. The fourth-order valence-corrected chi connectivity index (χ4v) is 1.67. The first-order valence-corrected chi connectivity index (χ1v) is 5.81. The second kappa shape index (κ2) is 5.43. The molecule has 0 fully saturated rings. The lowest BCUT2D eigenvalue weighted by Gasteiger charge is -2.01. The Kier molecular flexibility index (Phi) is 3.69. The van der Waals surface area contributed by atoms with Gasteiger partial charge in [0.2, 0.25) is 5.69 Å². The number of carboxylic acid groups (broad SMARTS) is 1. The average Bonchev–Trinajstić information content (AvgIpc) is 2.85. The Hall–Kier alpha value is -2.84. The second-order valence-corrected chi connectivity index (χ2v) is 3.99. The van der Waals surface area contributed by atoms with Crippen LogP contribution in [0.4, 0.5) is 5.69 Å². The molecule has 0 atom stereocenters. The molecule has 20 heavy (non-hydrogen) atoms. The molecule has 9 heteroatoms. The Morgan fingerprint density at radius 3 is 2.80 bits per heavy atom. The Balaban J connectivity index is 2.47. The van der Waals surface area contributed by atoms with Gasteiger partial charge < -0.3 is 5.11 Å². The summed E-state index contributed by atoms with van der Waals surface area (Å²) in [7, 11) is 0. The van der Waals surface area contributed by atoms with Crippen molar-refractivity contribution in [3.05, 3.63) is 40.1 Å². The van der Waals surface area contributed by atoms with Crippen LogP contribution < -0.4 is 0 Å². The molecule has 0 aliphatic heterocycles. The molecule has 0 amide bonds. The minimum atomic E-state index is -1.46. The quantitative estimate of drug-likeness (QED) is 0.643. The number of hydrogen-bond donors (Lipinski definition) is 1. The fourth-order valence-electron chi connectivity index (χ4n) is 1.67. The Labute approximate surface area is 113 Å². The zero-order valence-electron chi connectivity index (χ0n) is 10.6. The van der Waals surface area contributed by atoms with Crippen LogP contribution >= 0.6 is 0 Å². The van der Waals surface area contributed by atoms with Gasteiger partial charge >= 0.3 is 11.7 Å². The standard InChI is InChI=1S/C11H11N5O4/c1-2-3-7-4-9(13-6-12-7)15-5-8(16(19)20)10(14-15)11(17)18/h4-6H,2-3H2,1H3,(H,17,18). The molecular formula is C11H11N5O4. The third-order valence-corrected chi connectivity index (χ3v) is 2.54. The highest BCUT2D eigenvalue weighted by atomic mass is 16.6. The third kappa shape index (κ3) is 2.60. The number of hydrogen-bond acceptors (Lipinski definition) is 6. The van der Waals surface area contributed by atoms with Gasteiger partial charge in [0.1, 0.15) is 12.5 Å². The molecule has 2 aromatic heterocycles. The molecule has 0 spiro atoms. The SMILES string of the molecule is CCCc1cc(-n2cc([N+](=O)[O-])c(C(=O)O)n2)ncn1. The number of carboxylic acids is 1. The second-order valence-electron chi connectivity index (χ2n) is 3.99. The van der Waals surface area contributed by atoms with Crippen LogP contribution in [0.25, 0.3) is 5.82 Å². The molecule has 0 bridgehead atoms. The summed E-state index contributed by atoms with van der Waals surface area (Å²) in [5.41, 5.74) is -0.439. The van der Waals surface area contributed by atoms with Gasteiger partial charge in [0.25, 0.3) is 0 Å². The van der Waals surface area contributed by atoms with Crippen LogP contribution in [0.2, 0.25) is 0 Å². The maximum absolute atomic E-state index is 10.9. The van der Waals surface area contributed by atoms with E-state index in [0.29, 0.717) is 5.82 Å². The van der Waals surface area contributed by atoms with Crippen LogP contribution in [0, 0.1) is 10.1 Å². The van der Waals surface area contributed by atoms with E-state index in [0.717, 1.165) is 29.4 Å². The first kappa shape index (κ1) is 13.6. The molecule has 0 saturated carbocycles. The van der Waals surface area contributed by atoms with Crippen molar-refractivity contribution in [3.8, 4) is 5.82 Å². The van der Waals surface area contributed by atoms with E-state index >= 15 is 0 Å². The van der Waals surface area contributed by atoms with Gasteiger partial charge in [-0.15, -0.1) is 0 Å². The van der Waals surface area contributed by atoms with E-state index in [1.807, 2.05) is 6.92 Å². The van der Waals surface area contributed by atoms with Gasteiger partial charge in [-0.1, -0.05) is 13.3 Å². The molecule has 2 aromatic rings. The minimum absolute atomic E-state index is 0.291. The van der Waals surface area contributed by atoms with Crippen molar-refractivity contribution in [2.24, 2.45) is 0 Å². The molecular weight excluding hydrogens is 266 g/mol. The molecule has 2 heterocycles. The number of nitrogens with zero attached hydrogens (tertiary/aromatic N) is 5. The van der Waals surface area contributed by atoms with Crippen molar-refractivity contribution in [2.45, 2.75) is 19.8 Å². The molecule has 2 rings (SSSR count). The summed E-state index contributed by atoms with van der Waals surface area (Å²) in [5.74, 6) is -1.17. The van der Waals surface area contributed by atoms with Crippen LogP contribution in [0.5, 0.6) is 0 Å². The molecule has 1 N–H and O–H groups in total. The fraction of sp³-hybridized carbons (Fsp3) is 0.273. The lowest BCUT2D eigenvalue weighted by molar-refractivity contribution is -0.385. The van der Waals surface area contributed by atoms with E-state index in [2.05, 4.69) is 15.1 Å². The largest absolute Gasteiger partial charge is 0.476 e. The Morgan fingerprint density at radius 2 is 2.25 bits per heavy atom. The number of rotatable bonds is 5. The maximum Gasteiger partial charge on any atom is 0.363 e. The lowest BCUT2D eigenvalue weighted by atomic mass is 10.2. The highest BCUT2D eigenvalue weighted by molar-refractivity contribution is 5.89. The van der Waals surface area contributed by atoms with E-state index in [1.165, 1.54) is 6.33 Å². The summed E-state index contributed by atoms with van der Waals surface area (Å²) >= 11 is 0. The smallest absolute Gasteiger partial charge is 0.363 e. The van der Waals surface area contributed by atoms with E-state index < -0.39 is 22.3 Å². The Morgan fingerprint density at radius 1 is 1.50 bits per heavy atom. The maximum atomic E-state index is 10.9. The predicted molar refractivity (Wildman–Crippen MR) is 66.8 cm³/mol. The van der Waals surface area contributed by atoms with Crippen LogP contribution in [0.15, 0.2) is 18.6 Å². The number of carbonyl (C=O) groups is 1. The van der Waals surface area contributed by atoms with Crippen molar-refractivity contribution >= 4 is 11.7 Å². The summed E-state index contributed by atoms with van der Waals surface area (Å²) in [5, 5.41) is 23.4. The summed E-state index contributed by atoms with van der Waals surface area (Å²) in [6.07, 6.45) is 3.95. The van der Waals surface area contributed by atoms with E-state index in [9.17, 15) is 14.9 Å². The molecule has 9 nitrogen and oxygen atoms in total. The van der Waals surface area contributed by atoms with Gasteiger partial charge in [-0.2, -0.15) is 5.10 Å². The van der Waals surface area contributed by atoms with Gasteiger partial charge in [-0.3, -0.25) is 10.1 Å². The molecule has 0 aliphatic rings. The summed E-state index contributed by atoms with van der Waals surface area (Å²) in [6, 6.07) is 1.62. The van der Waals surface area contributed by atoms with Crippen LogP contribution in [-0.4, -0.2) is 35.7 Å². The summed E-state index contributed by atoms with van der Waals surface area (Å²) in [6.45, 7) is 1.99. The monoisotopic (exact) mass is 277 g/mol. The van der Waals surface area contributed by atoms with Gasteiger partial charge in [-0.05, 0) is 6.42 Å². The van der Waals surface area contributed by atoms with Crippen LogP contribution in [0.1, 0.15) is 29.5 Å². The number of nitro groups is 1. The van der Waals surface area contributed by atoms with Crippen LogP contribution in [0.3, 0.4) is 0 Å². The van der Waals surface area contributed by atoms with Crippen molar-refractivity contribution in [1.29, 1.82) is 0 Å². The van der Waals surface area contributed by atoms with Crippen molar-refractivity contribution in [1.82, 2.24) is 19.7 Å².